The number of carbonyl (C=O) groups excluding carboxylic acids is 1. The molecule has 3 nitrogen and oxygen atoms in total. The van der Waals surface area contributed by atoms with Gasteiger partial charge in [0.25, 0.3) is 0 Å². The molecule has 3 rings (SSSR count). The molecule has 1 aromatic rings. The first-order chi connectivity index (χ1) is 9.12. The lowest BCUT2D eigenvalue weighted by Crippen LogP contribution is -2.47. The van der Waals surface area contributed by atoms with Crippen LogP contribution in [0.25, 0.3) is 0 Å². The third kappa shape index (κ3) is 2.06. The fraction of sp³-hybridized carbons (Fsp3) is 0.562. The number of rotatable bonds is 2. The minimum absolute atomic E-state index is 0.206. The summed E-state index contributed by atoms with van der Waals surface area (Å²) in [4.78, 5) is 14.9. The zero-order valence-corrected chi connectivity index (χ0v) is 11.8. The van der Waals surface area contributed by atoms with E-state index in [-0.39, 0.29) is 11.3 Å². The zero-order chi connectivity index (χ0) is 13.5. The quantitative estimate of drug-likeness (QED) is 0.884. The van der Waals surface area contributed by atoms with Gasteiger partial charge >= 0.3 is 0 Å². The topological polar surface area (TPSA) is 32.3 Å². The van der Waals surface area contributed by atoms with E-state index in [1.54, 1.807) is 0 Å². The summed E-state index contributed by atoms with van der Waals surface area (Å²) < 4.78 is 0. The van der Waals surface area contributed by atoms with Crippen molar-refractivity contribution >= 4 is 11.6 Å². The number of anilines is 1. The average molecular weight is 258 g/mol. The summed E-state index contributed by atoms with van der Waals surface area (Å²) in [6, 6.07) is 8.17. The molecule has 2 heterocycles. The van der Waals surface area contributed by atoms with Crippen LogP contribution in [-0.2, 0) is 10.2 Å². The first-order valence-electron chi connectivity index (χ1n) is 7.25. The van der Waals surface area contributed by atoms with E-state index in [0.717, 1.165) is 38.2 Å². The van der Waals surface area contributed by atoms with E-state index in [9.17, 15) is 4.79 Å². The monoisotopic (exact) mass is 258 g/mol. The standard InChI is InChI=1S/C16H22N2O/c1-12(2)11-18-9-7-16(8-10-18)13-5-3-4-6-14(13)17-15(16)19/h3-6,12H,7-11H2,1-2H3,(H,17,19). The molecule has 0 unspecified atom stereocenters. The summed E-state index contributed by atoms with van der Waals surface area (Å²) in [5.74, 6) is 0.900. The summed E-state index contributed by atoms with van der Waals surface area (Å²) in [6.07, 6.45) is 1.89. The highest BCUT2D eigenvalue weighted by molar-refractivity contribution is 6.06. The zero-order valence-electron chi connectivity index (χ0n) is 11.8. The van der Waals surface area contributed by atoms with Crippen LogP contribution >= 0.6 is 0 Å². The van der Waals surface area contributed by atoms with Crippen molar-refractivity contribution in [2.24, 2.45) is 5.92 Å². The van der Waals surface area contributed by atoms with E-state index < -0.39 is 0 Å². The molecule has 2 aliphatic heterocycles. The Morgan fingerprint density at radius 2 is 1.95 bits per heavy atom. The van der Waals surface area contributed by atoms with Crippen LogP contribution in [0.2, 0.25) is 0 Å². The number of benzene rings is 1. The largest absolute Gasteiger partial charge is 0.325 e. The third-order valence-electron chi connectivity index (χ3n) is 4.46. The second kappa shape index (κ2) is 4.64. The van der Waals surface area contributed by atoms with Crippen LogP contribution in [0.4, 0.5) is 5.69 Å². The molecular formula is C16H22N2O. The molecule has 0 atom stereocenters. The molecule has 1 aromatic carbocycles. The van der Waals surface area contributed by atoms with Gasteiger partial charge < -0.3 is 10.2 Å². The minimum atomic E-state index is -0.260. The second-order valence-corrected chi connectivity index (χ2v) is 6.28. The molecule has 102 valence electrons. The van der Waals surface area contributed by atoms with Crippen LogP contribution in [0.3, 0.4) is 0 Å². The molecule has 19 heavy (non-hydrogen) atoms. The predicted molar refractivity (Wildman–Crippen MR) is 77.3 cm³/mol. The van der Waals surface area contributed by atoms with Crippen molar-refractivity contribution in [1.82, 2.24) is 4.90 Å². The maximum Gasteiger partial charge on any atom is 0.235 e. The van der Waals surface area contributed by atoms with Crippen molar-refractivity contribution in [1.29, 1.82) is 0 Å². The van der Waals surface area contributed by atoms with Crippen LogP contribution in [-0.4, -0.2) is 30.4 Å². The molecular weight excluding hydrogens is 236 g/mol. The number of amides is 1. The fourth-order valence-corrected chi connectivity index (χ4v) is 3.50. The number of carbonyl (C=O) groups is 1. The molecule has 1 fully saturated rings. The van der Waals surface area contributed by atoms with Gasteiger partial charge in [0.15, 0.2) is 0 Å². The highest BCUT2D eigenvalue weighted by atomic mass is 16.2. The Bertz CT molecular complexity index is 487. The molecule has 0 aromatic heterocycles. The first kappa shape index (κ1) is 12.7. The van der Waals surface area contributed by atoms with Gasteiger partial charge in [-0.3, -0.25) is 4.79 Å². The van der Waals surface area contributed by atoms with Gasteiger partial charge in [0.05, 0.1) is 5.41 Å². The smallest absolute Gasteiger partial charge is 0.235 e. The number of nitrogens with zero attached hydrogens (tertiary/aromatic N) is 1. The number of nitrogens with one attached hydrogen (secondary N) is 1. The average Bonchev–Trinajstić information content (AvgIpc) is 2.65. The Morgan fingerprint density at radius 3 is 2.63 bits per heavy atom. The number of fused-ring (bicyclic) bond motifs is 2. The number of piperidine rings is 1. The molecule has 1 spiro atoms. The maximum absolute atomic E-state index is 12.4. The first-order valence-corrected chi connectivity index (χ1v) is 7.25. The Morgan fingerprint density at radius 1 is 1.26 bits per heavy atom. The lowest BCUT2D eigenvalue weighted by atomic mass is 9.73. The molecule has 0 saturated carbocycles. The summed E-state index contributed by atoms with van der Waals surface area (Å²) in [5.41, 5.74) is 1.97. The van der Waals surface area contributed by atoms with Gasteiger partial charge in [-0.15, -0.1) is 0 Å². The molecule has 0 bridgehead atoms. The van der Waals surface area contributed by atoms with Crippen LogP contribution in [0, 0.1) is 5.92 Å². The van der Waals surface area contributed by atoms with E-state index in [1.807, 2.05) is 18.2 Å². The third-order valence-corrected chi connectivity index (χ3v) is 4.46. The van der Waals surface area contributed by atoms with Gasteiger partial charge in [0.2, 0.25) is 5.91 Å². The Balaban J connectivity index is 1.81. The van der Waals surface area contributed by atoms with Crippen molar-refractivity contribution in [3.05, 3.63) is 29.8 Å². The normalized spacial score (nSPS) is 21.7. The van der Waals surface area contributed by atoms with Gasteiger partial charge in [-0.2, -0.15) is 0 Å². The highest BCUT2D eigenvalue weighted by Crippen LogP contribution is 2.44. The summed E-state index contributed by atoms with van der Waals surface area (Å²) in [6.45, 7) is 7.70. The number of likely N-dealkylation sites (tertiary alicyclic amines) is 1. The van der Waals surface area contributed by atoms with Gasteiger partial charge in [-0.05, 0) is 43.5 Å². The summed E-state index contributed by atoms with van der Waals surface area (Å²) >= 11 is 0. The molecule has 1 amide bonds. The van der Waals surface area contributed by atoms with E-state index in [2.05, 4.69) is 30.1 Å². The Hall–Kier alpha value is -1.35. The van der Waals surface area contributed by atoms with Crippen molar-refractivity contribution in [2.45, 2.75) is 32.1 Å². The van der Waals surface area contributed by atoms with Gasteiger partial charge in [0.1, 0.15) is 0 Å². The summed E-state index contributed by atoms with van der Waals surface area (Å²) in [7, 11) is 0. The highest BCUT2D eigenvalue weighted by Gasteiger charge is 2.48. The van der Waals surface area contributed by atoms with Crippen LogP contribution in [0.15, 0.2) is 24.3 Å². The molecule has 1 N–H and O–H groups in total. The van der Waals surface area contributed by atoms with Crippen LogP contribution in [0.5, 0.6) is 0 Å². The van der Waals surface area contributed by atoms with Crippen LogP contribution in [0.1, 0.15) is 32.3 Å². The van der Waals surface area contributed by atoms with Gasteiger partial charge in [-0.25, -0.2) is 0 Å². The lowest BCUT2D eigenvalue weighted by Gasteiger charge is -2.38. The predicted octanol–water partition coefficient (Wildman–Crippen LogP) is 2.63. The van der Waals surface area contributed by atoms with Gasteiger partial charge in [0, 0.05) is 12.2 Å². The molecule has 1 saturated heterocycles. The van der Waals surface area contributed by atoms with Crippen molar-refractivity contribution in [3.63, 3.8) is 0 Å². The van der Waals surface area contributed by atoms with E-state index in [0.29, 0.717) is 5.92 Å². The Labute approximate surface area is 115 Å². The van der Waals surface area contributed by atoms with Crippen molar-refractivity contribution in [2.75, 3.05) is 25.0 Å². The SMILES string of the molecule is CC(C)CN1CCC2(CC1)C(=O)Nc1ccccc12. The maximum atomic E-state index is 12.4. The molecule has 0 radical (unpaired) electrons. The minimum Gasteiger partial charge on any atom is -0.325 e. The number of para-hydroxylation sites is 1. The van der Waals surface area contributed by atoms with E-state index in [4.69, 9.17) is 0 Å². The van der Waals surface area contributed by atoms with Crippen molar-refractivity contribution in [3.8, 4) is 0 Å². The van der Waals surface area contributed by atoms with Gasteiger partial charge in [-0.1, -0.05) is 32.0 Å². The van der Waals surface area contributed by atoms with Crippen molar-refractivity contribution < 1.29 is 4.79 Å². The molecule has 0 aliphatic carbocycles. The fourth-order valence-electron chi connectivity index (χ4n) is 3.50. The summed E-state index contributed by atoms with van der Waals surface area (Å²) in [5, 5.41) is 3.06. The molecule has 3 heteroatoms. The van der Waals surface area contributed by atoms with E-state index >= 15 is 0 Å². The number of hydrogen-bond donors (Lipinski definition) is 1. The Kier molecular flexibility index (Phi) is 3.09. The molecule has 2 aliphatic rings. The second-order valence-electron chi connectivity index (χ2n) is 6.28. The van der Waals surface area contributed by atoms with Crippen LogP contribution < -0.4 is 5.32 Å². The lowest BCUT2D eigenvalue weighted by molar-refractivity contribution is -0.122. The van der Waals surface area contributed by atoms with E-state index in [1.165, 1.54) is 5.56 Å². The number of hydrogen-bond acceptors (Lipinski definition) is 2.